The summed E-state index contributed by atoms with van der Waals surface area (Å²) in [7, 11) is 1.24. The summed E-state index contributed by atoms with van der Waals surface area (Å²) >= 11 is 0. The van der Waals surface area contributed by atoms with E-state index in [2.05, 4.69) is 5.32 Å². The fourth-order valence-electron chi connectivity index (χ4n) is 7.68. The number of fused-ring (bicyclic) bond motifs is 1. The Kier molecular flexibility index (Phi) is 8.60. The number of carboxylic acid groups (broad SMARTS) is 2. The van der Waals surface area contributed by atoms with E-state index >= 15 is 0 Å². The van der Waals surface area contributed by atoms with Crippen LogP contribution in [0.5, 0.6) is 11.5 Å². The van der Waals surface area contributed by atoms with Gasteiger partial charge in [0, 0.05) is 27.6 Å². The molecule has 0 fully saturated rings. The predicted octanol–water partition coefficient (Wildman–Crippen LogP) is 1.78. The lowest BCUT2D eigenvalue weighted by atomic mass is 9.78. The predicted molar refractivity (Wildman–Crippen MR) is 183 cm³/mol. The third kappa shape index (κ3) is 4.75. The molecule has 0 spiro atoms. The lowest BCUT2D eigenvalue weighted by Gasteiger charge is -2.26. The van der Waals surface area contributed by atoms with Crippen molar-refractivity contribution >= 4 is 72.6 Å². The number of hydrogen-bond acceptors (Lipinski definition) is 12. The number of nitrogens with one attached hydrogen (secondary N) is 1. The second-order valence-corrected chi connectivity index (χ2v) is 12.5. The van der Waals surface area contributed by atoms with Crippen molar-refractivity contribution in [2.24, 2.45) is 5.92 Å². The van der Waals surface area contributed by atoms with E-state index in [-0.39, 0.29) is 82.3 Å². The van der Waals surface area contributed by atoms with Gasteiger partial charge in [0.25, 0.3) is 0 Å². The molecule has 0 saturated carbocycles. The van der Waals surface area contributed by atoms with Crippen molar-refractivity contribution in [3.63, 3.8) is 0 Å². The van der Waals surface area contributed by atoms with E-state index < -0.39 is 85.1 Å². The maximum Gasteiger partial charge on any atom is 0.328 e. The lowest BCUT2D eigenvalue weighted by Crippen LogP contribution is -2.33. The molecule has 5 aromatic rings. The zero-order chi connectivity index (χ0) is 36.5. The molecule has 0 bridgehead atoms. The number of benzene rings is 5. The zero-order valence-corrected chi connectivity index (χ0v) is 27.1. The maximum absolute atomic E-state index is 14.8. The number of rotatable bonds is 12. The number of Topliss-reactive ketones (excluding diaryl/α,β-unsaturated/α-hetero) is 1. The van der Waals surface area contributed by atoms with Gasteiger partial charge in [-0.3, -0.25) is 19.2 Å². The van der Waals surface area contributed by atoms with Gasteiger partial charge in [-0.1, -0.05) is 11.6 Å². The van der Waals surface area contributed by atoms with Crippen LogP contribution in [0.15, 0.2) is 27.3 Å². The molecule has 3 atom stereocenters. The molecule has 1 aliphatic carbocycles. The van der Waals surface area contributed by atoms with Crippen LogP contribution in [-0.2, 0) is 34.0 Å². The summed E-state index contributed by atoms with van der Waals surface area (Å²) in [6.45, 7) is -0.250. The van der Waals surface area contributed by atoms with Crippen molar-refractivity contribution in [3.8, 4) is 11.5 Å². The van der Waals surface area contributed by atoms with E-state index in [1.54, 1.807) is 6.92 Å². The first-order valence-electron chi connectivity index (χ1n) is 15.6. The molecule has 0 saturated heterocycles. The Hall–Kier alpha value is -5.41. The van der Waals surface area contributed by atoms with Crippen molar-refractivity contribution in [2.75, 3.05) is 25.6 Å². The second kappa shape index (κ2) is 12.5. The molecule has 5 aromatic carbocycles. The lowest BCUT2D eigenvalue weighted by molar-refractivity contribution is -0.143. The van der Waals surface area contributed by atoms with Crippen LogP contribution >= 0.6 is 0 Å². The topological polar surface area (TPSA) is 248 Å². The fraction of sp³-hybridized carbons (Fsp3) is 0.306. The average Bonchev–Trinajstić information content (AvgIpc) is 3.20. The van der Waals surface area contributed by atoms with Gasteiger partial charge in [0.1, 0.15) is 11.8 Å². The Morgan fingerprint density at radius 2 is 1.46 bits per heavy atom. The number of carbonyl (C=O) groups excluding carboxylic acids is 1. The number of aliphatic carboxylic acids is 2. The second-order valence-electron chi connectivity index (χ2n) is 12.5. The highest BCUT2D eigenvalue weighted by molar-refractivity contribution is 6.39. The van der Waals surface area contributed by atoms with Crippen molar-refractivity contribution in [1.29, 1.82) is 0 Å². The highest BCUT2D eigenvalue weighted by Gasteiger charge is 2.37. The molecule has 14 heteroatoms. The Morgan fingerprint density at radius 3 is 1.98 bits per heavy atom. The van der Waals surface area contributed by atoms with Crippen LogP contribution in [0, 0.1) is 5.92 Å². The molecule has 50 heavy (non-hydrogen) atoms. The van der Waals surface area contributed by atoms with Gasteiger partial charge in [-0.15, -0.1) is 0 Å². The van der Waals surface area contributed by atoms with E-state index in [4.69, 9.17) is 4.74 Å². The number of ether oxygens (including phenoxy) is 1. The van der Waals surface area contributed by atoms with Crippen molar-refractivity contribution in [3.05, 3.63) is 66.0 Å². The number of methoxy groups -OCH3 is 1. The smallest absolute Gasteiger partial charge is 0.328 e. The number of hydrogen-bond donors (Lipinski definition) is 8. The Bertz CT molecular complexity index is 2430. The monoisotopic (exact) mass is 687 g/mol. The number of aliphatic hydroxyl groups excluding tert-OH is 4. The SMILES string of the molecule is COc1c(O)c2c(=O)cc(CO)c3c4c(CO)cc(NC(CO)C(=O)O)c5c(=O)c(CC(CO)C(=O)O)c6c(c(c1C(C(C)=O)C(C)=C6)c23)c54. The quantitative estimate of drug-likeness (QED) is 0.0688. The van der Waals surface area contributed by atoms with Crippen LogP contribution < -0.4 is 20.9 Å². The first-order chi connectivity index (χ1) is 23.8. The van der Waals surface area contributed by atoms with Gasteiger partial charge in [0.15, 0.2) is 22.4 Å². The maximum atomic E-state index is 14.8. The van der Waals surface area contributed by atoms with Crippen molar-refractivity contribution in [1.82, 2.24) is 0 Å². The highest BCUT2D eigenvalue weighted by Crippen LogP contribution is 2.55. The van der Waals surface area contributed by atoms with Crippen LogP contribution in [0.2, 0.25) is 0 Å². The summed E-state index contributed by atoms with van der Waals surface area (Å²) in [6, 6.07) is 0.771. The van der Waals surface area contributed by atoms with Gasteiger partial charge in [0.2, 0.25) is 0 Å². The molecular weight excluding hydrogens is 654 g/mol. The molecule has 0 aliphatic heterocycles. The van der Waals surface area contributed by atoms with Gasteiger partial charge in [-0.2, -0.15) is 0 Å². The largest absolute Gasteiger partial charge is 0.504 e. The molecule has 0 aromatic heterocycles. The zero-order valence-electron chi connectivity index (χ0n) is 27.1. The first-order valence-corrected chi connectivity index (χ1v) is 15.6. The van der Waals surface area contributed by atoms with Crippen molar-refractivity contribution in [2.45, 2.75) is 45.4 Å². The number of allylic oxidation sites excluding steroid dienone is 1. The molecular formula is C36H33NO13. The fourth-order valence-corrected chi connectivity index (χ4v) is 7.68. The molecule has 14 nitrogen and oxygen atoms in total. The summed E-state index contributed by atoms with van der Waals surface area (Å²) in [5, 5.41) is 75.9. The Morgan fingerprint density at radius 1 is 0.840 bits per heavy atom. The molecule has 0 amide bonds. The number of phenolic OH excluding ortho intramolecular Hbond substituents is 1. The number of carboxylic acids is 2. The summed E-state index contributed by atoms with van der Waals surface area (Å²) in [5.41, 5.74) is -0.914. The highest BCUT2D eigenvalue weighted by atomic mass is 16.5. The standard InChI is InChI=1S/C36H33NO13/c1-12-4-17-18(5-16(10-40)35(46)47)32(44)26-19(37-20(11-41)36(48)49)6-14(8-38)23-24-15(9-39)7-21(43)27-29(24)30(25(17)28(23)26)31(22(12)13(2)42)34(50-3)33(27)45/h4,6-7,16,20,22,37-41,45H,5,8-11H2,1-3H3,(H,46,47)(H,48,49). The Balaban J connectivity index is 2.09. The minimum absolute atomic E-state index is 0.0630. The van der Waals surface area contributed by atoms with E-state index in [9.17, 15) is 59.7 Å². The Labute approximate surface area is 281 Å². The molecule has 6 rings (SSSR count). The van der Waals surface area contributed by atoms with Gasteiger partial charge in [0.05, 0.1) is 56.1 Å². The third-order valence-corrected chi connectivity index (χ3v) is 9.74. The number of ketones is 1. The molecule has 0 radical (unpaired) electrons. The van der Waals surface area contributed by atoms with Crippen LogP contribution in [0.4, 0.5) is 5.69 Å². The minimum Gasteiger partial charge on any atom is -0.504 e. The average molecular weight is 688 g/mol. The van der Waals surface area contributed by atoms with Crippen LogP contribution in [0.25, 0.3) is 49.2 Å². The van der Waals surface area contributed by atoms with Gasteiger partial charge in [-0.25, -0.2) is 4.79 Å². The van der Waals surface area contributed by atoms with E-state index in [0.717, 1.165) is 6.07 Å². The van der Waals surface area contributed by atoms with Gasteiger partial charge >= 0.3 is 11.9 Å². The normalized spacial score (nSPS) is 15.5. The number of anilines is 1. The molecule has 8 N–H and O–H groups in total. The number of aliphatic hydroxyl groups is 4. The van der Waals surface area contributed by atoms with Crippen LogP contribution in [0.1, 0.15) is 47.6 Å². The number of phenols is 1. The van der Waals surface area contributed by atoms with E-state index in [1.807, 2.05) is 0 Å². The van der Waals surface area contributed by atoms with Gasteiger partial charge in [-0.05, 0) is 70.6 Å². The van der Waals surface area contributed by atoms with Crippen LogP contribution in [-0.4, -0.2) is 79.8 Å². The summed E-state index contributed by atoms with van der Waals surface area (Å²) in [6.07, 6.45) is 1.02. The van der Waals surface area contributed by atoms with E-state index in [0.29, 0.717) is 5.57 Å². The first kappa shape index (κ1) is 34.5. The van der Waals surface area contributed by atoms with Crippen molar-refractivity contribution < 1.29 is 54.9 Å². The minimum atomic E-state index is -1.63. The molecule has 3 unspecified atom stereocenters. The number of carbonyl (C=O) groups is 3. The summed E-state index contributed by atoms with van der Waals surface area (Å²) < 4.78 is 5.68. The third-order valence-electron chi connectivity index (χ3n) is 9.74. The van der Waals surface area contributed by atoms with Crippen LogP contribution in [0.3, 0.4) is 0 Å². The summed E-state index contributed by atoms with van der Waals surface area (Å²) in [4.78, 5) is 66.4. The molecule has 1 aliphatic rings. The molecule has 0 heterocycles. The van der Waals surface area contributed by atoms with E-state index in [1.165, 1.54) is 26.2 Å². The number of aromatic hydroxyl groups is 1. The summed E-state index contributed by atoms with van der Waals surface area (Å²) in [5.74, 6) is -6.68. The molecule has 260 valence electrons. The van der Waals surface area contributed by atoms with Gasteiger partial charge < -0.3 is 45.8 Å².